The summed E-state index contributed by atoms with van der Waals surface area (Å²) in [5.41, 5.74) is 11.2. The minimum atomic E-state index is -0.351. The van der Waals surface area contributed by atoms with Crippen LogP contribution in [0.4, 0.5) is 10.1 Å². The second-order valence-corrected chi connectivity index (χ2v) is 4.57. The van der Waals surface area contributed by atoms with E-state index in [0.717, 1.165) is 16.7 Å². The average Bonchev–Trinajstić information content (AvgIpc) is 2.22. The normalized spacial score (nSPS) is 10.6. The van der Waals surface area contributed by atoms with E-state index in [9.17, 15) is 4.39 Å². The lowest BCUT2D eigenvalue weighted by Gasteiger charge is -2.10. The smallest absolute Gasteiger partial charge is 0.146 e. The van der Waals surface area contributed by atoms with Crippen molar-refractivity contribution in [2.75, 3.05) is 5.73 Å². The molecular formula is C15H16FN. The van der Waals surface area contributed by atoms with Crippen LogP contribution in [0.2, 0.25) is 0 Å². The fourth-order valence-electron chi connectivity index (χ4n) is 2.13. The van der Waals surface area contributed by atoms with Gasteiger partial charge in [-0.25, -0.2) is 4.39 Å². The predicted molar refractivity (Wildman–Crippen MR) is 70.5 cm³/mol. The Balaban J connectivity index is 2.64. The van der Waals surface area contributed by atoms with Crippen molar-refractivity contribution in [1.82, 2.24) is 0 Å². The molecule has 2 aromatic carbocycles. The van der Waals surface area contributed by atoms with Crippen molar-refractivity contribution in [3.8, 4) is 11.1 Å². The summed E-state index contributed by atoms with van der Waals surface area (Å²) in [6.45, 7) is 6.01. The van der Waals surface area contributed by atoms with E-state index in [1.165, 1.54) is 17.2 Å². The van der Waals surface area contributed by atoms with E-state index in [4.69, 9.17) is 5.73 Å². The van der Waals surface area contributed by atoms with Crippen LogP contribution in [0.1, 0.15) is 16.7 Å². The van der Waals surface area contributed by atoms with Crippen LogP contribution in [0.5, 0.6) is 0 Å². The van der Waals surface area contributed by atoms with Crippen LogP contribution in [-0.2, 0) is 0 Å². The number of hydrogen-bond donors (Lipinski definition) is 1. The molecule has 0 spiro atoms. The van der Waals surface area contributed by atoms with Crippen LogP contribution < -0.4 is 5.73 Å². The highest BCUT2D eigenvalue weighted by atomic mass is 19.1. The molecule has 17 heavy (non-hydrogen) atoms. The molecule has 0 heterocycles. The first kappa shape index (κ1) is 11.6. The first-order chi connectivity index (χ1) is 7.97. The molecule has 0 radical (unpaired) electrons. The number of nitrogens with two attached hydrogens (primary N) is 1. The quantitative estimate of drug-likeness (QED) is 0.735. The van der Waals surface area contributed by atoms with E-state index in [1.54, 1.807) is 6.07 Å². The molecule has 0 aromatic heterocycles. The zero-order valence-corrected chi connectivity index (χ0v) is 10.3. The number of aryl methyl sites for hydroxylation is 3. The van der Waals surface area contributed by atoms with Crippen LogP contribution in [0.3, 0.4) is 0 Å². The molecule has 0 saturated carbocycles. The molecule has 2 N–H and O–H groups in total. The summed E-state index contributed by atoms with van der Waals surface area (Å²) in [5.74, 6) is -0.351. The summed E-state index contributed by atoms with van der Waals surface area (Å²) in [5, 5.41) is 0. The van der Waals surface area contributed by atoms with Gasteiger partial charge < -0.3 is 5.73 Å². The Hall–Kier alpha value is -1.83. The highest BCUT2D eigenvalue weighted by Crippen LogP contribution is 2.28. The van der Waals surface area contributed by atoms with Gasteiger partial charge in [0.15, 0.2) is 0 Å². The van der Waals surface area contributed by atoms with Gasteiger partial charge >= 0.3 is 0 Å². The number of rotatable bonds is 1. The maximum absolute atomic E-state index is 13.3. The number of hydrogen-bond acceptors (Lipinski definition) is 1. The topological polar surface area (TPSA) is 26.0 Å². The van der Waals surface area contributed by atoms with Gasteiger partial charge in [0, 0.05) is 0 Å². The lowest BCUT2D eigenvalue weighted by molar-refractivity contribution is 0.631. The molecule has 2 heteroatoms. The third-order valence-corrected chi connectivity index (χ3v) is 2.88. The molecule has 88 valence electrons. The Morgan fingerprint density at radius 2 is 1.47 bits per heavy atom. The molecule has 0 aliphatic rings. The number of benzene rings is 2. The van der Waals surface area contributed by atoms with E-state index >= 15 is 0 Å². The molecule has 2 aromatic rings. The van der Waals surface area contributed by atoms with Crippen molar-refractivity contribution in [1.29, 1.82) is 0 Å². The third-order valence-electron chi connectivity index (χ3n) is 2.88. The molecule has 0 saturated heterocycles. The number of anilines is 1. The molecule has 1 nitrogen and oxygen atoms in total. The minimum absolute atomic E-state index is 0.199. The second-order valence-electron chi connectivity index (χ2n) is 4.57. The molecule has 0 aliphatic heterocycles. The summed E-state index contributed by atoms with van der Waals surface area (Å²) in [4.78, 5) is 0. The van der Waals surface area contributed by atoms with Crippen LogP contribution in [0.15, 0.2) is 30.3 Å². The number of nitrogen functional groups attached to an aromatic ring is 1. The maximum atomic E-state index is 13.3. The van der Waals surface area contributed by atoms with Crippen molar-refractivity contribution in [3.63, 3.8) is 0 Å². The molecule has 0 amide bonds. The number of halogens is 1. The molecule has 2 rings (SSSR count). The summed E-state index contributed by atoms with van der Waals surface area (Å²) in [7, 11) is 0. The fourth-order valence-corrected chi connectivity index (χ4v) is 2.13. The van der Waals surface area contributed by atoms with Gasteiger partial charge in [0.05, 0.1) is 5.69 Å². The van der Waals surface area contributed by atoms with Gasteiger partial charge in [0.2, 0.25) is 0 Å². The van der Waals surface area contributed by atoms with Gasteiger partial charge in [-0.05, 0) is 49.6 Å². The van der Waals surface area contributed by atoms with Crippen molar-refractivity contribution < 1.29 is 4.39 Å². The van der Waals surface area contributed by atoms with Crippen LogP contribution in [-0.4, -0.2) is 0 Å². The lowest BCUT2D eigenvalue weighted by Crippen LogP contribution is -1.94. The van der Waals surface area contributed by atoms with Crippen molar-refractivity contribution >= 4 is 5.69 Å². The minimum Gasteiger partial charge on any atom is -0.396 e. The lowest BCUT2D eigenvalue weighted by atomic mass is 9.96. The fraction of sp³-hybridized carbons (Fsp3) is 0.200. The van der Waals surface area contributed by atoms with E-state index < -0.39 is 0 Å². The SMILES string of the molecule is Cc1cc(C)cc(-c2cc(N)c(F)cc2C)c1. The van der Waals surface area contributed by atoms with Crippen molar-refractivity contribution in [2.24, 2.45) is 0 Å². The van der Waals surface area contributed by atoms with Crippen LogP contribution in [0, 0.1) is 26.6 Å². The molecule has 0 unspecified atom stereocenters. The molecule has 0 fully saturated rings. The van der Waals surface area contributed by atoms with Crippen LogP contribution in [0.25, 0.3) is 11.1 Å². The Kier molecular flexibility index (Phi) is 2.88. The average molecular weight is 229 g/mol. The molecule has 0 bridgehead atoms. The maximum Gasteiger partial charge on any atom is 0.146 e. The third kappa shape index (κ3) is 2.31. The highest BCUT2D eigenvalue weighted by molar-refractivity contribution is 5.72. The Labute approximate surface area is 101 Å². The molecular weight excluding hydrogens is 213 g/mol. The molecule has 0 atom stereocenters. The summed E-state index contributed by atoms with van der Waals surface area (Å²) in [6, 6.07) is 9.49. The van der Waals surface area contributed by atoms with Gasteiger partial charge in [0.25, 0.3) is 0 Å². The van der Waals surface area contributed by atoms with Gasteiger partial charge in [-0.1, -0.05) is 29.3 Å². The highest BCUT2D eigenvalue weighted by Gasteiger charge is 2.07. The second kappa shape index (κ2) is 4.21. The molecule has 0 aliphatic carbocycles. The van der Waals surface area contributed by atoms with Gasteiger partial charge in [-0.2, -0.15) is 0 Å². The summed E-state index contributed by atoms with van der Waals surface area (Å²) >= 11 is 0. The monoisotopic (exact) mass is 229 g/mol. The van der Waals surface area contributed by atoms with E-state index in [1.807, 2.05) is 6.92 Å². The Morgan fingerprint density at radius 3 is 2.06 bits per heavy atom. The van der Waals surface area contributed by atoms with E-state index in [0.29, 0.717) is 0 Å². The van der Waals surface area contributed by atoms with Crippen molar-refractivity contribution in [2.45, 2.75) is 20.8 Å². The van der Waals surface area contributed by atoms with Crippen molar-refractivity contribution in [3.05, 3.63) is 52.8 Å². The summed E-state index contributed by atoms with van der Waals surface area (Å²) in [6.07, 6.45) is 0. The summed E-state index contributed by atoms with van der Waals surface area (Å²) < 4.78 is 13.3. The Bertz CT molecular complexity index is 553. The van der Waals surface area contributed by atoms with Gasteiger partial charge in [-0.15, -0.1) is 0 Å². The van der Waals surface area contributed by atoms with E-state index in [-0.39, 0.29) is 11.5 Å². The van der Waals surface area contributed by atoms with Gasteiger partial charge in [0.1, 0.15) is 5.82 Å². The first-order valence-corrected chi connectivity index (χ1v) is 5.61. The van der Waals surface area contributed by atoms with Gasteiger partial charge in [-0.3, -0.25) is 0 Å². The largest absolute Gasteiger partial charge is 0.396 e. The Morgan fingerprint density at radius 1 is 0.882 bits per heavy atom. The predicted octanol–water partition coefficient (Wildman–Crippen LogP) is 4.00. The zero-order valence-electron chi connectivity index (χ0n) is 10.3. The first-order valence-electron chi connectivity index (χ1n) is 5.61. The zero-order chi connectivity index (χ0) is 12.6. The standard InChI is InChI=1S/C15H16FN/c1-9-4-10(2)6-12(5-9)13-8-15(17)14(16)7-11(13)3/h4-8H,17H2,1-3H3. The van der Waals surface area contributed by atoms with Crippen LogP contribution >= 0.6 is 0 Å². The van der Waals surface area contributed by atoms with E-state index in [2.05, 4.69) is 32.0 Å².